The van der Waals surface area contributed by atoms with E-state index in [1.807, 2.05) is 12.1 Å². The average Bonchev–Trinajstić information content (AvgIpc) is 2.65. The Kier molecular flexibility index (Phi) is 4.01. The van der Waals surface area contributed by atoms with Crippen molar-refractivity contribution in [1.29, 1.82) is 0 Å². The second kappa shape index (κ2) is 5.13. The van der Waals surface area contributed by atoms with Crippen LogP contribution in [0.5, 0.6) is 0 Å². The molecule has 16 heavy (non-hydrogen) atoms. The van der Waals surface area contributed by atoms with E-state index in [1.165, 1.54) is 0 Å². The molecule has 2 atom stereocenters. The van der Waals surface area contributed by atoms with Gasteiger partial charge in [-0.1, -0.05) is 23.2 Å². The van der Waals surface area contributed by atoms with Crippen LogP contribution in [0.2, 0.25) is 10.0 Å². The summed E-state index contributed by atoms with van der Waals surface area (Å²) in [7, 11) is 0. The maximum Gasteiger partial charge on any atom is 0.0835 e. The highest BCUT2D eigenvalue weighted by Crippen LogP contribution is 2.37. The minimum absolute atomic E-state index is 0.0785. The van der Waals surface area contributed by atoms with E-state index in [2.05, 4.69) is 21.2 Å². The molecule has 2 nitrogen and oxygen atoms in total. The molecule has 1 saturated carbocycles. The van der Waals surface area contributed by atoms with E-state index in [4.69, 9.17) is 23.2 Å². The first-order valence-corrected chi connectivity index (χ1v) is 6.72. The lowest BCUT2D eigenvalue weighted by Gasteiger charge is -2.19. The average molecular weight is 325 g/mol. The van der Waals surface area contributed by atoms with Gasteiger partial charge in [0, 0.05) is 4.47 Å². The summed E-state index contributed by atoms with van der Waals surface area (Å²) in [4.78, 5) is 0. The minimum Gasteiger partial charge on any atom is -0.391 e. The Balaban J connectivity index is 2.18. The molecular formula is C11H12BrCl2NO. The van der Waals surface area contributed by atoms with Crippen molar-refractivity contribution in [2.24, 2.45) is 0 Å². The molecule has 0 bridgehead atoms. The van der Waals surface area contributed by atoms with Gasteiger partial charge in [-0.25, -0.2) is 0 Å². The fourth-order valence-corrected chi connectivity index (χ4v) is 2.77. The fourth-order valence-electron chi connectivity index (χ4n) is 1.95. The normalized spacial score (nSPS) is 24.8. The van der Waals surface area contributed by atoms with E-state index in [0.29, 0.717) is 10.0 Å². The summed E-state index contributed by atoms with van der Waals surface area (Å²) < 4.78 is 0.775. The molecule has 0 spiro atoms. The summed E-state index contributed by atoms with van der Waals surface area (Å²) in [6.07, 6.45) is 2.56. The highest BCUT2D eigenvalue weighted by molar-refractivity contribution is 9.10. The number of nitrogens with one attached hydrogen (secondary N) is 1. The Hall–Kier alpha value is 0.0400. The molecule has 0 aromatic heterocycles. The van der Waals surface area contributed by atoms with Gasteiger partial charge in [-0.05, 0) is 47.3 Å². The fraction of sp³-hybridized carbons (Fsp3) is 0.455. The quantitative estimate of drug-likeness (QED) is 0.803. The van der Waals surface area contributed by atoms with Gasteiger partial charge in [-0.3, -0.25) is 0 Å². The van der Waals surface area contributed by atoms with Gasteiger partial charge in [-0.2, -0.15) is 0 Å². The number of hydrogen-bond acceptors (Lipinski definition) is 2. The molecule has 0 saturated heterocycles. The number of aliphatic hydroxyl groups is 1. The summed E-state index contributed by atoms with van der Waals surface area (Å²) in [6.45, 7) is 0. The van der Waals surface area contributed by atoms with E-state index in [0.717, 1.165) is 29.4 Å². The SMILES string of the molecule is OC1CCCC1Nc1ccc(Br)c(Cl)c1Cl. The van der Waals surface area contributed by atoms with E-state index < -0.39 is 0 Å². The molecule has 0 amide bonds. The van der Waals surface area contributed by atoms with Gasteiger partial charge >= 0.3 is 0 Å². The van der Waals surface area contributed by atoms with Gasteiger partial charge in [0.2, 0.25) is 0 Å². The van der Waals surface area contributed by atoms with Crippen molar-refractivity contribution in [3.05, 3.63) is 26.7 Å². The number of anilines is 1. The Labute approximate surface area is 113 Å². The van der Waals surface area contributed by atoms with Gasteiger partial charge < -0.3 is 10.4 Å². The molecule has 88 valence electrons. The van der Waals surface area contributed by atoms with E-state index in [1.54, 1.807) is 0 Å². The summed E-state index contributed by atoms with van der Waals surface area (Å²) in [6, 6.07) is 3.79. The van der Waals surface area contributed by atoms with Gasteiger partial charge in [0.05, 0.1) is 27.9 Å². The Morgan fingerprint density at radius 2 is 2.00 bits per heavy atom. The third-order valence-electron chi connectivity index (χ3n) is 2.86. The zero-order valence-electron chi connectivity index (χ0n) is 8.51. The summed E-state index contributed by atoms with van der Waals surface area (Å²) in [5.74, 6) is 0. The van der Waals surface area contributed by atoms with Crippen molar-refractivity contribution >= 4 is 44.8 Å². The van der Waals surface area contributed by atoms with E-state index >= 15 is 0 Å². The third-order valence-corrected chi connectivity index (χ3v) is 4.63. The van der Waals surface area contributed by atoms with E-state index in [9.17, 15) is 5.11 Å². The largest absolute Gasteiger partial charge is 0.391 e. The number of aliphatic hydroxyl groups excluding tert-OH is 1. The summed E-state index contributed by atoms with van der Waals surface area (Å²) in [5, 5.41) is 14.0. The van der Waals surface area contributed by atoms with Crippen LogP contribution < -0.4 is 5.32 Å². The molecule has 1 fully saturated rings. The molecule has 5 heteroatoms. The lowest BCUT2D eigenvalue weighted by atomic mass is 10.2. The van der Waals surface area contributed by atoms with Crippen molar-refractivity contribution in [3.63, 3.8) is 0 Å². The standard InChI is InChI=1S/C11H12BrCl2NO/c12-6-4-5-8(11(14)10(6)13)15-7-2-1-3-9(7)16/h4-5,7,9,15-16H,1-3H2. The maximum atomic E-state index is 9.72. The molecule has 1 aliphatic rings. The summed E-state index contributed by atoms with van der Waals surface area (Å²) in [5.41, 5.74) is 0.779. The third kappa shape index (κ3) is 2.48. The molecule has 1 aromatic rings. The van der Waals surface area contributed by atoms with Crippen LogP contribution in [-0.4, -0.2) is 17.3 Å². The predicted octanol–water partition coefficient (Wildman–Crippen LogP) is 4.08. The second-order valence-corrected chi connectivity index (χ2v) is 5.58. The first-order valence-electron chi connectivity index (χ1n) is 5.17. The zero-order valence-corrected chi connectivity index (χ0v) is 11.6. The zero-order chi connectivity index (χ0) is 11.7. The van der Waals surface area contributed by atoms with Crippen LogP contribution in [0.25, 0.3) is 0 Å². The van der Waals surface area contributed by atoms with Crippen LogP contribution in [-0.2, 0) is 0 Å². The first kappa shape index (κ1) is 12.5. The molecule has 2 unspecified atom stereocenters. The minimum atomic E-state index is -0.293. The highest BCUT2D eigenvalue weighted by atomic mass is 79.9. The number of rotatable bonds is 2. The highest BCUT2D eigenvalue weighted by Gasteiger charge is 2.25. The van der Waals surface area contributed by atoms with Crippen LogP contribution in [0.1, 0.15) is 19.3 Å². The smallest absolute Gasteiger partial charge is 0.0835 e. The van der Waals surface area contributed by atoms with Crippen LogP contribution in [0.15, 0.2) is 16.6 Å². The molecule has 1 aliphatic carbocycles. The van der Waals surface area contributed by atoms with Crippen LogP contribution in [0, 0.1) is 0 Å². The van der Waals surface area contributed by atoms with Gasteiger partial charge in [0.1, 0.15) is 0 Å². The lowest BCUT2D eigenvalue weighted by Crippen LogP contribution is -2.28. The predicted molar refractivity (Wildman–Crippen MR) is 71.4 cm³/mol. The molecular weight excluding hydrogens is 313 g/mol. The van der Waals surface area contributed by atoms with Gasteiger partial charge in [-0.15, -0.1) is 0 Å². The lowest BCUT2D eigenvalue weighted by molar-refractivity contribution is 0.172. The molecule has 1 aromatic carbocycles. The Bertz CT molecular complexity index is 400. The molecule has 2 rings (SSSR count). The van der Waals surface area contributed by atoms with Crippen molar-refractivity contribution in [1.82, 2.24) is 0 Å². The van der Waals surface area contributed by atoms with Gasteiger partial charge in [0.15, 0.2) is 0 Å². The maximum absolute atomic E-state index is 9.72. The molecule has 2 N–H and O–H groups in total. The summed E-state index contributed by atoms with van der Waals surface area (Å²) >= 11 is 15.5. The Morgan fingerprint density at radius 3 is 2.62 bits per heavy atom. The van der Waals surface area contributed by atoms with Crippen molar-refractivity contribution in [2.45, 2.75) is 31.4 Å². The van der Waals surface area contributed by atoms with Crippen molar-refractivity contribution < 1.29 is 5.11 Å². The monoisotopic (exact) mass is 323 g/mol. The van der Waals surface area contributed by atoms with Crippen molar-refractivity contribution in [2.75, 3.05) is 5.32 Å². The van der Waals surface area contributed by atoms with Crippen molar-refractivity contribution in [3.8, 4) is 0 Å². The Morgan fingerprint density at radius 1 is 1.25 bits per heavy atom. The second-order valence-electron chi connectivity index (χ2n) is 3.97. The first-order chi connectivity index (χ1) is 7.59. The van der Waals surface area contributed by atoms with Gasteiger partial charge in [0.25, 0.3) is 0 Å². The molecule has 0 aliphatic heterocycles. The van der Waals surface area contributed by atoms with Crippen LogP contribution in [0.4, 0.5) is 5.69 Å². The molecule has 0 heterocycles. The molecule has 0 radical (unpaired) electrons. The number of benzene rings is 1. The van der Waals surface area contributed by atoms with E-state index in [-0.39, 0.29) is 12.1 Å². The number of halogens is 3. The van der Waals surface area contributed by atoms with Crippen LogP contribution >= 0.6 is 39.1 Å². The van der Waals surface area contributed by atoms with Crippen LogP contribution in [0.3, 0.4) is 0 Å². The number of hydrogen-bond donors (Lipinski definition) is 2. The topological polar surface area (TPSA) is 32.3 Å².